The molecule has 11 heavy (non-hydrogen) atoms. The molecule has 0 atom stereocenters. The van der Waals surface area contributed by atoms with Gasteiger partial charge in [-0.1, -0.05) is 11.6 Å². The first-order valence-corrected chi connectivity index (χ1v) is 2.87. The smallest absolute Gasteiger partial charge is 0.141 e. The second-order valence-electron chi connectivity index (χ2n) is 1.52. The van der Waals surface area contributed by atoms with Crippen molar-refractivity contribution < 1.29 is 0 Å². The van der Waals surface area contributed by atoms with E-state index in [9.17, 15) is 0 Å². The van der Waals surface area contributed by atoms with Crippen molar-refractivity contribution >= 4 is 36.4 Å². The van der Waals surface area contributed by atoms with E-state index in [0.29, 0.717) is 17.4 Å². The van der Waals surface area contributed by atoms with Gasteiger partial charge in [0.2, 0.25) is 0 Å². The van der Waals surface area contributed by atoms with Crippen LogP contribution in [-0.2, 0) is 6.54 Å². The average molecular weight is 216 g/mol. The molecule has 0 radical (unpaired) electrons. The Kier molecular flexibility index (Phi) is 8.11. The van der Waals surface area contributed by atoms with Gasteiger partial charge < -0.3 is 5.73 Å². The highest BCUT2D eigenvalue weighted by Gasteiger charge is 1.89. The van der Waals surface area contributed by atoms with Gasteiger partial charge in [0.15, 0.2) is 0 Å². The van der Waals surface area contributed by atoms with E-state index in [2.05, 4.69) is 9.97 Å². The van der Waals surface area contributed by atoms with Crippen LogP contribution in [0.25, 0.3) is 0 Å². The third-order valence-corrected chi connectivity index (χ3v) is 1.05. The van der Waals surface area contributed by atoms with Gasteiger partial charge in [0, 0.05) is 12.4 Å². The van der Waals surface area contributed by atoms with Gasteiger partial charge in [-0.25, -0.2) is 9.97 Å². The fraction of sp³-hybridized carbons (Fsp3) is 0.200. The quantitative estimate of drug-likeness (QED) is 0.773. The van der Waals surface area contributed by atoms with Crippen LogP contribution in [0.4, 0.5) is 0 Å². The molecule has 64 valence electrons. The zero-order chi connectivity index (χ0) is 6.69. The maximum Gasteiger partial charge on any atom is 0.141 e. The van der Waals surface area contributed by atoms with E-state index in [-0.39, 0.29) is 24.8 Å². The maximum atomic E-state index is 5.50. The van der Waals surface area contributed by atoms with Gasteiger partial charge in [-0.15, -0.1) is 24.8 Å². The molecule has 3 nitrogen and oxygen atoms in total. The molecule has 0 aliphatic rings. The van der Waals surface area contributed by atoms with Crippen LogP contribution in [0, 0.1) is 0 Å². The first-order valence-electron chi connectivity index (χ1n) is 2.49. The van der Waals surface area contributed by atoms with Crippen LogP contribution in [0.15, 0.2) is 12.4 Å². The van der Waals surface area contributed by atoms with E-state index in [4.69, 9.17) is 17.3 Å². The lowest BCUT2D eigenvalue weighted by Gasteiger charge is -1.91. The molecule has 1 heterocycles. The lowest BCUT2D eigenvalue weighted by molar-refractivity contribution is 0.909. The van der Waals surface area contributed by atoms with Crippen LogP contribution < -0.4 is 5.73 Å². The number of rotatable bonds is 1. The first-order chi connectivity index (χ1) is 4.33. The summed E-state index contributed by atoms with van der Waals surface area (Å²) in [4.78, 5) is 7.66. The zero-order valence-corrected chi connectivity index (χ0v) is 7.92. The van der Waals surface area contributed by atoms with Crippen molar-refractivity contribution in [3.05, 3.63) is 23.2 Å². The van der Waals surface area contributed by atoms with Crippen LogP contribution in [0.1, 0.15) is 5.82 Å². The largest absolute Gasteiger partial charge is 0.324 e. The molecule has 0 aliphatic heterocycles. The summed E-state index contributed by atoms with van der Waals surface area (Å²) in [6, 6.07) is 0. The normalized spacial score (nSPS) is 7.82. The Morgan fingerprint density at radius 2 is 1.73 bits per heavy atom. The second-order valence-corrected chi connectivity index (χ2v) is 1.96. The molecule has 0 saturated heterocycles. The monoisotopic (exact) mass is 215 g/mol. The molecule has 0 unspecified atom stereocenters. The van der Waals surface area contributed by atoms with Gasteiger partial charge in [-0.3, -0.25) is 0 Å². The molecule has 6 heteroatoms. The molecule has 2 N–H and O–H groups in total. The Morgan fingerprint density at radius 1 is 1.27 bits per heavy atom. The topological polar surface area (TPSA) is 51.8 Å². The molecule has 1 rings (SSSR count). The summed E-state index contributed by atoms with van der Waals surface area (Å²) in [5.74, 6) is 0.611. The number of hydrogen-bond acceptors (Lipinski definition) is 3. The number of aromatic nitrogens is 2. The van der Waals surface area contributed by atoms with Crippen LogP contribution in [0.2, 0.25) is 5.02 Å². The summed E-state index contributed by atoms with van der Waals surface area (Å²) in [7, 11) is 0. The first kappa shape index (κ1) is 13.5. The van der Waals surface area contributed by atoms with Crippen molar-refractivity contribution in [2.45, 2.75) is 6.54 Å². The van der Waals surface area contributed by atoms with Crippen molar-refractivity contribution in [3.63, 3.8) is 0 Å². The van der Waals surface area contributed by atoms with Gasteiger partial charge >= 0.3 is 0 Å². The average Bonchev–Trinajstić information content (AvgIpc) is 1.90. The van der Waals surface area contributed by atoms with Gasteiger partial charge in [-0.2, -0.15) is 0 Å². The van der Waals surface area contributed by atoms with E-state index in [1.54, 1.807) is 0 Å². The molecule has 0 amide bonds. The van der Waals surface area contributed by atoms with E-state index in [1.165, 1.54) is 12.4 Å². The summed E-state index contributed by atoms with van der Waals surface area (Å²) in [6.45, 7) is 0.358. The molecule has 0 fully saturated rings. The lowest BCUT2D eigenvalue weighted by Crippen LogP contribution is -2.01. The summed E-state index contributed by atoms with van der Waals surface area (Å²) in [6.07, 6.45) is 3.05. The summed E-state index contributed by atoms with van der Waals surface area (Å²) in [5.41, 5.74) is 5.23. The molecule has 0 aliphatic carbocycles. The second kappa shape index (κ2) is 6.61. The van der Waals surface area contributed by atoms with Crippen molar-refractivity contribution in [2.75, 3.05) is 0 Å². The molecular formula is C5H8Cl3N3. The fourth-order valence-corrected chi connectivity index (χ4v) is 0.542. The van der Waals surface area contributed by atoms with Gasteiger partial charge in [0.25, 0.3) is 0 Å². The lowest BCUT2D eigenvalue weighted by atomic mass is 10.5. The molecular weight excluding hydrogens is 208 g/mol. The highest BCUT2D eigenvalue weighted by Crippen LogP contribution is 2.01. The predicted molar refractivity (Wildman–Crippen MR) is 49.4 cm³/mol. The molecule has 1 aromatic heterocycles. The fourth-order valence-electron chi connectivity index (χ4n) is 0.444. The number of hydrogen-bond donors (Lipinski definition) is 1. The molecule has 0 spiro atoms. The standard InChI is InChI=1S/C5H6ClN3.2ClH/c6-4-2-8-5(1-7)9-3-4;;/h2-3H,1,7H2;2*1H. The maximum absolute atomic E-state index is 5.50. The number of nitrogens with zero attached hydrogens (tertiary/aromatic N) is 2. The van der Waals surface area contributed by atoms with Crippen molar-refractivity contribution in [3.8, 4) is 0 Å². The van der Waals surface area contributed by atoms with Gasteiger partial charge in [0.05, 0.1) is 11.6 Å². The highest BCUT2D eigenvalue weighted by atomic mass is 35.5. The molecule has 0 bridgehead atoms. The Balaban J connectivity index is 0. The van der Waals surface area contributed by atoms with E-state index >= 15 is 0 Å². The molecule has 0 saturated carbocycles. The Labute approximate surface area is 82.2 Å². The van der Waals surface area contributed by atoms with Crippen LogP contribution in [0.5, 0.6) is 0 Å². The third kappa shape index (κ3) is 4.37. The third-order valence-electron chi connectivity index (χ3n) is 0.856. The Bertz CT molecular complexity index is 189. The van der Waals surface area contributed by atoms with Crippen LogP contribution >= 0.6 is 36.4 Å². The number of halogens is 3. The van der Waals surface area contributed by atoms with Gasteiger partial charge in [-0.05, 0) is 0 Å². The van der Waals surface area contributed by atoms with Crippen molar-refractivity contribution in [1.82, 2.24) is 9.97 Å². The minimum absolute atomic E-state index is 0. The summed E-state index contributed by atoms with van der Waals surface area (Å²) in [5, 5.41) is 0.534. The summed E-state index contributed by atoms with van der Waals surface area (Å²) >= 11 is 5.50. The van der Waals surface area contributed by atoms with E-state index < -0.39 is 0 Å². The summed E-state index contributed by atoms with van der Waals surface area (Å²) < 4.78 is 0. The van der Waals surface area contributed by atoms with Crippen molar-refractivity contribution in [1.29, 1.82) is 0 Å². The SMILES string of the molecule is Cl.Cl.NCc1ncc(Cl)cn1. The Morgan fingerprint density at radius 3 is 2.09 bits per heavy atom. The Hall–Kier alpha value is -0.0900. The zero-order valence-electron chi connectivity index (χ0n) is 5.53. The van der Waals surface area contributed by atoms with Crippen LogP contribution in [0.3, 0.4) is 0 Å². The number of nitrogens with two attached hydrogens (primary N) is 1. The minimum Gasteiger partial charge on any atom is -0.324 e. The van der Waals surface area contributed by atoms with Crippen molar-refractivity contribution in [2.24, 2.45) is 5.73 Å². The molecule has 1 aromatic rings. The highest BCUT2D eigenvalue weighted by molar-refractivity contribution is 6.30. The molecule has 0 aromatic carbocycles. The van der Waals surface area contributed by atoms with E-state index in [1.807, 2.05) is 0 Å². The minimum atomic E-state index is 0. The van der Waals surface area contributed by atoms with E-state index in [0.717, 1.165) is 0 Å². The van der Waals surface area contributed by atoms with Gasteiger partial charge in [0.1, 0.15) is 5.82 Å². The predicted octanol–water partition coefficient (Wildman–Crippen LogP) is 1.43. The van der Waals surface area contributed by atoms with Crippen LogP contribution in [-0.4, -0.2) is 9.97 Å².